The van der Waals surface area contributed by atoms with Crippen LogP contribution < -0.4 is 9.64 Å². The van der Waals surface area contributed by atoms with Crippen molar-refractivity contribution in [1.82, 2.24) is 0 Å². The van der Waals surface area contributed by atoms with E-state index in [1.54, 1.807) is 6.07 Å². The van der Waals surface area contributed by atoms with Crippen LogP contribution in [0.5, 0.6) is 5.75 Å². The van der Waals surface area contributed by atoms with Gasteiger partial charge in [0.25, 0.3) is 0 Å². The van der Waals surface area contributed by atoms with Crippen molar-refractivity contribution < 1.29 is 17.9 Å². The van der Waals surface area contributed by atoms with Gasteiger partial charge in [0.05, 0.1) is 0 Å². The van der Waals surface area contributed by atoms with Gasteiger partial charge >= 0.3 is 6.36 Å². The smallest absolute Gasteiger partial charge is 0.405 e. The maximum absolute atomic E-state index is 12.6. The van der Waals surface area contributed by atoms with E-state index < -0.39 is 6.36 Å². The monoisotopic (exact) mass is 345 g/mol. The van der Waals surface area contributed by atoms with E-state index in [0.29, 0.717) is 5.56 Å². The molecule has 0 amide bonds. The minimum atomic E-state index is -4.66. The lowest BCUT2D eigenvalue weighted by atomic mass is 9.94. The summed E-state index contributed by atoms with van der Waals surface area (Å²) in [5.41, 5.74) is 1.41. The van der Waals surface area contributed by atoms with Crippen LogP contribution in [0.1, 0.15) is 65.4 Å². The van der Waals surface area contributed by atoms with Crippen LogP contribution in [-0.4, -0.2) is 19.5 Å². The highest BCUT2D eigenvalue weighted by atomic mass is 19.4. The zero-order valence-corrected chi connectivity index (χ0v) is 15.4. The number of ether oxygens (including phenoxy) is 1. The second kappa shape index (κ2) is 9.19. The number of benzene rings is 1. The van der Waals surface area contributed by atoms with Crippen molar-refractivity contribution in [3.8, 4) is 5.75 Å². The van der Waals surface area contributed by atoms with Gasteiger partial charge in [0, 0.05) is 24.8 Å². The Bertz CT molecular complexity index is 492. The van der Waals surface area contributed by atoms with Crippen molar-refractivity contribution in [2.75, 3.05) is 18.0 Å². The van der Waals surface area contributed by atoms with Gasteiger partial charge in [0.15, 0.2) is 0 Å². The molecule has 0 bridgehead atoms. The van der Waals surface area contributed by atoms with Crippen molar-refractivity contribution in [1.29, 1.82) is 0 Å². The van der Waals surface area contributed by atoms with E-state index in [9.17, 15) is 13.2 Å². The quantitative estimate of drug-likeness (QED) is 0.629. The van der Waals surface area contributed by atoms with Gasteiger partial charge in [-0.05, 0) is 36.3 Å². The fourth-order valence-corrected chi connectivity index (χ4v) is 3.01. The highest BCUT2D eigenvalue weighted by Gasteiger charge is 2.32. The second-order valence-electron chi connectivity index (χ2n) is 6.26. The molecule has 138 valence electrons. The number of hydrogen-bond acceptors (Lipinski definition) is 2. The molecule has 0 spiro atoms. The van der Waals surface area contributed by atoms with Gasteiger partial charge in [-0.15, -0.1) is 13.2 Å². The molecule has 2 nitrogen and oxygen atoms in total. The lowest BCUT2D eigenvalue weighted by molar-refractivity contribution is -0.274. The van der Waals surface area contributed by atoms with Crippen LogP contribution in [0.15, 0.2) is 18.2 Å². The summed E-state index contributed by atoms with van der Waals surface area (Å²) >= 11 is 0. The van der Waals surface area contributed by atoms with E-state index in [1.165, 1.54) is 12.5 Å². The third kappa shape index (κ3) is 5.91. The Morgan fingerprint density at radius 2 is 1.75 bits per heavy atom. The topological polar surface area (TPSA) is 12.5 Å². The second-order valence-corrected chi connectivity index (χ2v) is 6.26. The Morgan fingerprint density at radius 3 is 2.21 bits per heavy atom. The van der Waals surface area contributed by atoms with E-state index in [0.717, 1.165) is 37.5 Å². The molecular formula is C19H30F3NO. The number of alkyl halides is 3. The van der Waals surface area contributed by atoms with E-state index in [4.69, 9.17) is 0 Å². The Hall–Kier alpha value is -1.39. The summed E-state index contributed by atoms with van der Waals surface area (Å²) < 4.78 is 42.1. The normalized spacial score (nSPS) is 16.0. The standard InChI is InChI=1S/C17H24F3NO.C2H6/c1-4-13-7-9-21(10-8-13)14-5-6-15(12(2)3)16(11-14)22-17(18,19)20;1-2/h5-6,11-13H,4,7-10H2,1-3H3;1-2H3. The van der Waals surface area contributed by atoms with Crippen LogP contribution >= 0.6 is 0 Å². The summed E-state index contributed by atoms with van der Waals surface area (Å²) in [5.74, 6) is 0.645. The van der Waals surface area contributed by atoms with Gasteiger partial charge in [0.1, 0.15) is 5.75 Å². The van der Waals surface area contributed by atoms with Crippen molar-refractivity contribution >= 4 is 5.69 Å². The van der Waals surface area contributed by atoms with E-state index in [2.05, 4.69) is 16.6 Å². The highest BCUT2D eigenvalue weighted by Crippen LogP contribution is 2.35. The molecule has 0 unspecified atom stereocenters. The fourth-order valence-electron chi connectivity index (χ4n) is 3.01. The number of rotatable bonds is 4. The molecule has 0 atom stereocenters. The molecule has 1 heterocycles. The summed E-state index contributed by atoms with van der Waals surface area (Å²) in [7, 11) is 0. The number of hydrogen-bond donors (Lipinski definition) is 0. The Balaban J connectivity index is 0.00000139. The summed E-state index contributed by atoms with van der Waals surface area (Å²) in [5, 5.41) is 0. The van der Waals surface area contributed by atoms with Crippen molar-refractivity contribution in [2.24, 2.45) is 5.92 Å². The predicted molar refractivity (Wildman–Crippen MR) is 93.8 cm³/mol. The van der Waals surface area contributed by atoms with E-state index in [1.807, 2.05) is 33.8 Å². The Labute approximate surface area is 144 Å². The Kier molecular flexibility index (Phi) is 7.91. The molecule has 0 saturated carbocycles. The Morgan fingerprint density at radius 1 is 1.17 bits per heavy atom. The van der Waals surface area contributed by atoms with Crippen molar-refractivity contribution in [3.63, 3.8) is 0 Å². The summed E-state index contributed by atoms with van der Waals surface area (Å²) in [6, 6.07) is 5.20. The predicted octanol–water partition coefficient (Wildman–Crippen LogP) is 6.36. The molecule has 24 heavy (non-hydrogen) atoms. The van der Waals surface area contributed by atoms with Crippen LogP contribution in [0.2, 0.25) is 0 Å². The fraction of sp³-hybridized carbons (Fsp3) is 0.684. The van der Waals surface area contributed by atoms with Crippen LogP contribution in [-0.2, 0) is 0 Å². The molecular weight excluding hydrogens is 315 g/mol. The minimum Gasteiger partial charge on any atom is -0.405 e. The first kappa shape index (κ1) is 20.7. The molecule has 0 N–H and O–H groups in total. The zero-order chi connectivity index (χ0) is 18.3. The molecule has 1 fully saturated rings. The minimum absolute atomic E-state index is 0.0165. The van der Waals surface area contributed by atoms with Crippen LogP contribution in [0.25, 0.3) is 0 Å². The third-order valence-electron chi connectivity index (χ3n) is 4.40. The first-order valence-corrected chi connectivity index (χ1v) is 8.94. The van der Waals surface area contributed by atoms with E-state index in [-0.39, 0.29) is 11.7 Å². The molecule has 5 heteroatoms. The maximum atomic E-state index is 12.6. The summed E-state index contributed by atoms with van der Waals surface area (Å²) in [6.45, 7) is 11.7. The molecule has 1 aromatic carbocycles. The van der Waals surface area contributed by atoms with Crippen LogP contribution in [0.4, 0.5) is 18.9 Å². The van der Waals surface area contributed by atoms with Crippen LogP contribution in [0, 0.1) is 5.92 Å². The van der Waals surface area contributed by atoms with Gasteiger partial charge in [-0.2, -0.15) is 0 Å². The van der Waals surface area contributed by atoms with Crippen molar-refractivity contribution in [2.45, 2.75) is 66.2 Å². The zero-order valence-electron chi connectivity index (χ0n) is 15.4. The average Bonchev–Trinajstić information content (AvgIpc) is 2.55. The molecule has 1 aliphatic rings. The molecule has 1 aliphatic heterocycles. The molecule has 0 aliphatic carbocycles. The number of halogens is 3. The first-order chi connectivity index (χ1) is 11.3. The summed E-state index contributed by atoms with van der Waals surface area (Å²) in [4.78, 5) is 2.15. The number of piperidine rings is 1. The number of nitrogens with zero attached hydrogens (tertiary/aromatic N) is 1. The molecule has 2 rings (SSSR count). The van der Waals surface area contributed by atoms with Gasteiger partial charge < -0.3 is 9.64 Å². The largest absolute Gasteiger partial charge is 0.573 e. The molecule has 0 radical (unpaired) electrons. The van der Waals surface area contributed by atoms with Gasteiger partial charge in [0.2, 0.25) is 0 Å². The lowest BCUT2D eigenvalue weighted by Crippen LogP contribution is -2.33. The summed E-state index contributed by atoms with van der Waals surface area (Å²) in [6.07, 6.45) is -1.30. The van der Waals surface area contributed by atoms with Gasteiger partial charge in [-0.25, -0.2) is 0 Å². The van der Waals surface area contributed by atoms with E-state index >= 15 is 0 Å². The van der Waals surface area contributed by atoms with Crippen LogP contribution in [0.3, 0.4) is 0 Å². The molecule has 1 saturated heterocycles. The molecule has 0 aromatic heterocycles. The number of anilines is 1. The average molecular weight is 345 g/mol. The maximum Gasteiger partial charge on any atom is 0.573 e. The van der Waals surface area contributed by atoms with Gasteiger partial charge in [-0.1, -0.05) is 47.1 Å². The first-order valence-electron chi connectivity index (χ1n) is 8.94. The van der Waals surface area contributed by atoms with Gasteiger partial charge in [-0.3, -0.25) is 0 Å². The third-order valence-corrected chi connectivity index (χ3v) is 4.40. The van der Waals surface area contributed by atoms with Crippen molar-refractivity contribution in [3.05, 3.63) is 23.8 Å². The SMILES string of the molecule is CC.CCC1CCN(c2ccc(C(C)C)c(OC(F)(F)F)c2)CC1. The lowest BCUT2D eigenvalue weighted by Gasteiger charge is -2.33. The highest BCUT2D eigenvalue weighted by molar-refractivity contribution is 5.55. The molecule has 1 aromatic rings.